The fourth-order valence-corrected chi connectivity index (χ4v) is 1.49. The summed E-state index contributed by atoms with van der Waals surface area (Å²) in [6, 6.07) is 5.61. The van der Waals surface area contributed by atoms with E-state index in [-0.39, 0.29) is 18.3 Å². The summed E-state index contributed by atoms with van der Waals surface area (Å²) in [6.45, 7) is 0.595. The van der Waals surface area contributed by atoms with Gasteiger partial charge in [0.15, 0.2) is 0 Å². The molecule has 19 heavy (non-hydrogen) atoms. The van der Waals surface area contributed by atoms with Gasteiger partial charge in [-0.05, 0) is 24.3 Å². The van der Waals surface area contributed by atoms with E-state index in [9.17, 15) is 9.18 Å². The van der Waals surface area contributed by atoms with Crippen molar-refractivity contribution in [2.45, 2.75) is 6.54 Å². The van der Waals surface area contributed by atoms with Gasteiger partial charge in [0.1, 0.15) is 18.0 Å². The maximum atomic E-state index is 12.7. The maximum Gasteiger partial charge on any atom is 0.238 e. The van der Waals surface area contributed by atoms with Crippen LogP contribution in [0.2, 0.25) is 0 Å². The van der Waals surface area contributed by atoms with E-state index in [1.54, 1.807) is 10.9 Å². The summed E-state index contributed by atoms with van der Waals surface area (Å²) < 4.78 is 14.5. The lowest BCUT2D eigenvalue weighted by molar-refractivity contribution is -0.115. The molecule has 0 aliphatic carbocycles. The summed E-state index contributed by atoms with van der Waals surface area (Å²) in [5, 5.41) is 13.2. The van der Waals surface area contributed by atoms with E-state index in [1.165, 1.54) is 24.3 Å². The number of anilines is 1. The molecule has 0 bridgehead atoms. The van der Waals surface area contributed by atoms with Crippen LogP contribution in [0, 0.1) is 5.82 Å². The third-order valence-electron chi connectivity index (χ3n) is 2.50. The van der Waals surface area contributed by atoms with Gasteiger partial charge in [0.05, 0.1) is 13.1 Å². The highest BCUT2D eigenvalue weighted by Gasteiger charge is 2.04. The van der Waals surface area contributed by atoms with Crippen molar-refractivity contribution in [3.05, 3.63) is 42.2 Å². The molecule has 2 aromatic rings. The van der Waals surface area contributed by atoms with Gasteiger partial charge in [-0.15, -0.1) is 10.2 Å². The molecule has 0 radical (unpaired) electrons. The van der Waals surface area contributed by atoms with Crippen molar-refractivity contribution in [1.29, 1.82) is 0 Å². The second-order valence-corrected chi connectivity index (χ2v) is 4.02. The van der Waals surface area contributed by atoms with E-state index in [0.717, 1.165) is 5.82 Å². The van der Waals surface area contributed by atoms with Gasteiger partial charge >= 0.3 is 0 Å². The minimum Gasteiger partial charge on any atom is -0.325 e. The quantitative estimate of drug-likeness (QED) is 0.832. The molecule has 0 saturated heterocycles. The Morgan fingerprint density at radius 2 is 2.11 bits per heavy atom. The average Bonchev–Trinajstić information content (AvgIpc) is 2.78. The van der Waals surface area contributed by atoms with E-state index in [1.807, 2.05) is 7.05 Å². The van der Waals surface area contributed by atoms with Crippen molar-refractivity contribution >= 4 is 11.6 Å². The van der Waals surface area contributed by atoms with Gasteiger partial charge in [-0.3, -0.25) is 4.79 Å². The van der Waals surface area contributed by atoms with Crippen molar-refractivity contribution in [3.8, 4) is 0 Å². The van der Waals surface area contributed by atoms with Gasteiger partial charge in [0, 0.05) is 12.7 Å². The lowest BCUT2D eigenvalue weighted by Gasteiger charge is -2.06. The van der Waals surface area contributed by atoms with Crippen molar-refractivity contribution in [2.24, 2.45) is 7.05 Å². The Morgan fingerprint density at radius 1 is 1.37 bits per heavy atom. The Kier molecular flexibility index (Phi) is 4.19. The SMILES string of the molecule is Cn1cnnc1CNCC(=O)Nc1ccc(F)cc1. The molecule has 0 unspecified atom stereocenters. The highest BCUT2D eigenvalue weighted by molar-refractivity contribution is 5.92. The second-order valence-electron chi connectivity index (χ2n) is 4.02. The van der Waals surface area contributed by atoms with Crippen LogP contribution in [0.1, 0.15) is 5.82 Å². The van der Waals surface area contributed by atoms with Crippen LogP contribution in [0.25, 0.3) is 0 Å². The molecule has 0 atom stereocenters. The average molecular weight is 263 g/mol. The number of carbonyl (C=O) groups is 1. The molecule has 100 valence electrons. The molecule has 0 saturated carbocycles. The van der Waals surface area contributed by atoms with Gasteiger partial charge in [-0.25, -0.2) is 4.39 Å². The number of nitrogens with zero attached hydrogens (tertiary/aromatic N) is 3. The number of carbonyl (C=O) groups excluding carboxylic acids is 1. The largest absolute Gasteiger partial charge is 0.325 e. The van der Waals surface area contributed by atoms with Crippen LogP contribution < -0.4 is 10.6 Å². The van der Waals surface area contributed by atoms with Crippen LogP contribution in [-0.2, 0) is 18.4 Å². The molecule has 0 aliphatic rings. The van der Waals surface area contributed by atoms with Gasteiger partial charge in [-0.2, -0.15) is 0 Å². The number of hydrogen-bond acceptors (Lipinski definition) is 4. The van der Waals surface area contributed by atoms with Gasteiger partial charge < -0.3 is 15.2 Å². The van der Waals surface area contributed by atoms with E-state index >= 15 is 0 Å². The number of hydrogen-bond donors (Lipinski definition) is 2. The number of aromatic nitrogens is 3. The number of aryl methyl sites for hydroxylation is 1. The fourth-order valence-electron chi connectivity index (χ4n) is 1.49. The Hall–Kier alpha value is -2.28. The summed E-state index contributed by atoms with van der Waals surface area (Å²) in [4.78, 5) is 11.6. The lowest BCUT2D eigenvalue weighted by Crippen LogP contribution is -2.28. The van der Waals surface area contributed by atoms with Crippen LogP contribution in [0.4, 0.5) is 10.1 Å². The summed E-state index contributed by atoms with van der Waals surface area (Å²) in [7, 11) is 1.83. The third kappa shape index (κ3) is 3.85. The van der Waals surface area contributed by atoms with Crippen LogP contribution >= 0.6 is 0 Å². The van der Waals surface area contributed by atoms with Crippen molar-refractivity contribution < 1.29 is 9.18 Å². The van der Waals surface area contributed by atoms with Gasteiger partial charge in [0.25, 0.3) is 0 Å². The summed E-state index contributed by atoms with van der Waals surface area (Å²) in [5.41, 5.74) is 0.562. The highest BCUT2D eigenvalue weighted by Crippen LogP contribution is 2.07. The molecular formula is C12H14FN5O. The molecule has 2 rings (SSSR count). The lowest BCUT2D eigenvalue weighted by atomic mass is 10.3. The first kappa shape index (κ1) is 13.2. The Morgan fingerprint density at radius 3 is 2.74 bits per heavy atom. The molecule has 6 nitrogen and oxygen atoms in total. The summed E-state index contributed by atoms with van der Waals surface area (Å²) in [5.74, 6) is 0.210. The zero-order valence-electron chi connectivity index (χ0n) is 10.4. The minimum absolute atomic E-state index is 0.143. The molecule has 0 aliphatic heterocycles. The molecular weight excluding hydrogens is 249 g/mol. The van der Waals surface area contributed by atoms with Crippen LogP contribution in [0.3, 0.4) is 0 Å². The first-order chi connectivity index (χ1) is 9.15. The van der Waals surface area contributed by atoms with Crippen LogP contribution in [0.15, 0.2) is 30.6 Å². The van der Waals surface area contributed by atoms with E-state index < -0.39 is 0 Å². The monoisotopic (exact) mass is 263 g/mol. The number of benzene rings is 1. The van der Waals surface area contributed by atoms with Crippen LogP contribution in [0.5, 0.6) is 0 Å². The number of amides is 1. The predicted octanol–water partition coefficient (Wildman–Crippen LogP) is 0.682. The second kappa shape index (κ2) is 6.05. The standard InChI is InChI=1S/C12H14FN5O/c1-18-8-15-17-11(18)6-14-7-12(19)16-10-4-2-9(13)3-5-10/h2-5,8,14H,6-7H2,1H3,(H,16,19). The van der Waals surface area contributed by atoms with Gasteiger partial charge in [0.2, 0.25) is 5.91 Å². The number of nitrogens with one attached hydrogen (secondary N) is 2. The van der Waals surface area contributed by atoms with Crippen molar-refractivity contribution in [1.82, 2.24) is 20.1 Å². The number of halogens is 1. The molecule has 1 heterocycles. The first-order valence-electron chi connectivity index (χ1n) is 5.74. The summed E-state index contributed by atoms with van der Waals surface area (Å²) in [6.07, 6.45) is 1.59. The first-order valence-corrected chi connectivity index (χ1v) is 5.74. The third-order valence-corrected chi connectivity index (χ3v) is 2.50. The smallest absolute Gasteiger partial charge is 0.238 e. The predicted molar refractivity (Wildman–Crippen MR) is 67.7 cm³/mol. The van der Waals surface area contributed by atoms with E-state index in [4.69, 9.17) is 0 Å². The zero-order valence-corrected chi connectivity index (χ0v) is 10.4. The Labute approximate surface area is 109 Å². The molecule has 7 heteroatoms. The minimum atomic E-state index is -0.335. The summed E-state index contributed by atoms with van der Waals surface area (Å²) >= 11 is 0. The maximum absolute atomic E-state index is 12.7. The molecule has 1 aromatic heterocycles. The molecule has 2 N–H and O–H groups in total. The Balaban J connectivity index is 1.76. The zero-order chi connectivity index (χ0) is 13.7. The van der Waals surface area contributed by atoms with Crippen LogP contribution in [-0.4, -0.2) is 27.2 Å². The normalized spacial score (nSPS) is 10.4. The fraction of sp³-hybridized carbons (Fsp3) is 0.250. The van der Waals surface area contributed by atoms with Gasteiger partial charge in [-0.1, -0.05) is 0 Å². The molecule has 1 amide bonds. The topological polar surface area (TPSA) is 71.8 Å². The highest BCUT2D eigenvalue weighted by atomic mass is 19.1. The molecule has 0 fully saturated rings. The molecule has 1 aromatic carbocycles. The Bertz CT molecular complexity index is 552. The molecule has 0 spiro atoms. The van der Waals surface area contributed by atoms with Crippen molar-refractivity contribution in [2.75, 3.05) is 11.9 Å². The van der Waals surface area contributed by atoms with E-state index in [0.29, 0.717) is 12.2 Å². The van der Waals surface area contributed by atoms with E-state index in [2.05, 4.69) is 20.8 Å². The van der Waals surface area contributed by atoms with Crippen molar-refractivity contribution in [3.63, 3.8) is 0 Å². The number of rotatable bonds is 5.